The van der Waals surface area contributed by atoms with Crippen LogP contribution in [0.5, 0.6) is 0 Å². The molecular weight excluding hydrogens is 350 g/mol. The van der Waals surface area contributed by atoms with Gasteiger partial charge in [0.2, 0.25) is 5.91 Å². The van der Waals surface area contributed by atoms with Crippen LogP contribution in [0.1, 0.15) is 68.2 Å². The molecule has 1 N–H and O–H groups in total. The van der Waals surface area contributed by atoms with Gasteiger partial charge in [0.1, 0.15) is 0 Å². The standard InChI is InChI=1S/C23H33N3O2/c1-17(20-9-8-18-6-2-3-7-21(18)16-20)24-22(27)19-10-14-26(15-11-19)23(28)25-12-4-5-13-25/h8-9,16-17,19H,2-7,10-15H2,1H3,(H,24,27). The second-order valence-electron chi connectivity index (χ2n) is 8.70. The predicted molar refractivity (Wildman–Crippen MR) is 110 cm³/mol. The Morgan fingerprint density at radius 3 is 2.29 bits per heavy atom. The van der Waals surface area contributed by atoms with Crippen molar-refractivity contribution in [2.75, 3.05) is 26.2 Å². The van der Waals surface area contributed by atoms with E-state index in [1.807, 2.05) is 9.80 Å². The first-order chi connectivity index (χ1) is 13.6. The topological polar surface area (TPSA) is 52.7 Å². The molecule has 1 unspecified atom stereocenters. The van der Waals surface area contributed by atoms with Gasteiger partial charge in [0.05, 0.1) is 6.04 Å². The average molecular weight is 384 g/mol. The van der Waals surface area contributed by atoms with E-state index in [-0.39, 0.29) is 23.9 Å². The highest BCUT2D eigenvalue weighted by Gasteiger charge is 2.31. The minimum absolute atomic E-state index is 0.0164. The van der Waals surface area contributed by atoms with Gasteiger partial charge in [-0.25, -0.2) is 4.79 Å². The third-order valence-corrected chi connectivity index (χ3v) is 6.74. The number of nitrogens with zero attached hydrogens (tertiary/aromatic N) is 2. The van der Waals surface area contributed by atoms with E-state index < -0.39 is 0 Å². The lowest BCUT2D eigenvalue weighted by atomic mass is 9.89. The van der Waals surface area contributed by atoms with Gasteiger partial charge in [0.25, 0.3) is 0 Å². The van der Waals surface area contributed by atoms with Crippen LogP contribution in [0.15, 0.2) is 18.2 Å². The van der Waals surface area contributed by atoms with Crippen molar-refractivity contribution in [1.29, 1.82) is 0 Å². The number of piperidine rings is 1. The van der Waals surface area contributed by atoms with Gasteiger partial charge in [-0.3, -0.25) is 4.79 Å². The molecule has 1 atom stereocenters. The largest absolute Gasteiger partial charge is 0.349 e. The fraction of sp³-hybridized carbons (Fsp3) is 0.652. The van der Waals surface area contributed by atoms with Gasteiger partial charge in [-0.05, 0) is 75.0 Å². The van der Waals surface area contributed by atoms with Crippen LogP contribution in [0.3, 0.4) is 0 Å². The second kappa shape index (κ2) is 8.54. The molecule has 3 amide bonds. The number of nitrogens with one attached hydrogen (secondary N) is 1. The number of likely N-dealkylation sites (tertiary alicyclic amines) is 2. The highest BCUT2D eigenvalue weighted by Crippen LogP contribution is 2.26. The molecule has 152 valence electrons. The summed E-state index contributed by atoms with van der Waals surface area (Å²) in [5.41, 5.74) is 4.14. The van der Waals surface area contributed by atoms with Gasteiger partial charge in [-0.2, -0.15) is 0 Å². The maximum absolute atomic E-state index is 12.8. The van der Waals surface area contributed by atoms with Crippen LogP contribution in [0.25, 0.3) is 0 Å². The maximum Gasteiger partial charge on any atom is 0.319 e. The van der Waals surface area contributed by atoms with Crippen LogP contribution in [-0.2, 0) is 17.6 Å². The zero-order valence-corrected chi connectivity index (χ0v) is 17.1. The van der Waals surface area contributed by atoms with Gasteiger partial charge in [-0.15, -0.1) is 0 Å². The van der Waals surface area contributed by atoms with Gasteiger partial charge in [0, 0.05) is 32.1 Å². The number of benzene rings is 1. The van der Waals surface area contributed by atoms with Crippen LogP contribution in [-0.4, -0.2) is 47.9 Å². The first-order valence-corrected chi connectivity index (χ1v) is 11.1. The summed E-state index contributed by atoms with van der Waals surface area (Å²) in [4.78, 5) is 29.2. The van der Waals surface area contributed by atoms with Gasteiger partial charge in [-0.1, -0.05) is 18.2 Å². The fourth-order valence-electron chi connectivity index (χ4n) is 4.88. The van der Waals surface area contributed by atoms with E-state index in [1.165, 1.54) is 36.0 Å². The third-order valence-electron chi connectivity index (χ3n) is 6.74. The summed E-state index contributed by atoms with van der Waals surface area (Å²) in [5, 5.41) is 3.22. The van der Waals surface area contributed by atoms with Crippen molar-refractivity contribution in [2.24, 2.45) is 5.92 Å². The number of hydrogen-bond donors (Lipinski definition) is 1. The lowest BCUT2D eigenvalue weighted by Gasteiger charge is -2.34. The quantitative estimate of drug-likeness (QED) is 0.866. The molecule has 1 aromatic rings. The first kappa shape index (κ1) is 19.3. The summed E-state index contributed by atoms with van der Waals surface area (Å²) >= 11 is 0. The van der Waals surface area contributed by atoms with Crippen molar-refractivity contribution < 1.29 is 9.59 Å². The fourth-order valence-corrected chi connectivity index (χ4v) is 4.88. The highest BCUT2D eigenvalue weighted by atomic mass is 16.2. The number of fused-ring (bicyclic) bond motifs is 1. The monoisotopic (exact) mass is 383 g/mol. The lowest BCUT2D eigenvalue weighted by molar-refractivity contribution is -0.126. The highest BCUT2D eigenvalue weighted by molar-refractivity contribution is 5.80. The average Bonchev–Trinajstić information content (AvgIpc) is 3.28. The molecule has 3 aliphatic rings. The zero-order chi connectivity index (χ0) is 19.5. The van der Waals surface area contributed by atoms with Crippen molar-refractivity contribution in [1.82, 2.24) is 15.1 Å². The molecule has 0 saturated carbocycles. The molecular formula is C23H33N3O2. The number of urea groups is 1. The van der Waals surface area contributed by atoms with E-state index >= 15 is 0 Å². The Kier molecular flexibility index (Phi) is 5.88. The van der Waals surface area contributed by atoms with Gasteiger partial charge < -0.3 is 15.1 Å². The Labute approximate surface area is 168 Å². The molecule has 5 heteroatoms. The molecule has 2 heterocycles. The molecule has 1 aliphatic carbocycles. The van der Waals surface area contributed by atoms with E-state index in [0.29, 0.717) is 13.1 Å². The Morgan fingerprint density at radius 2 is 1.57 bits per heavy atom. The number of rotatable bonds is 3. The number of carbonyl (C=O) groups is 2. The van der Waals surface area contributed by atoms with Crippen molar-refractivity contribution in [3.05, 3.63) is 34.9 Å². The van der Waals surface area contributed by atoms with Crippen molar-refractivity contribution in [3.63, 3.8) is 0 Å². The first-order valence-electron chi connectivity index (χ1n) is 11.1. The van der Waals surface area contributed by atoms with E-state index in [9.17, 15) is 9.59 Å². The molecule has 2 aliphatic heterocycles. The molecule has 0 radical (unpaired) electrons. The molecule has 2 saturated heterocycles. The third kappa shape index (κ3) is 4.18. The van der Waals surface area contributed by atoms with Crippen LogP contribution in [0, 0.1) is 5.92 Å². The lowest BCUT2D eigenvalue weighted by Crippen LogP contribution is -2.47. The second-order valence-corrected chi connectivity index (χ2v) is 8.70. The molecule has 2 fully saturated rings. The molecule has 0 bridgehead atoms. The number of hydrogen-bond acceptors (Lipinski definition) is 2. The summed E-state index contributed by atoms with van der Waals surface area (Å²) < 4.78 is 0. The summed E-state index contributed by atoms with van der Waals surface area (Å²) in [6.07, 6.45) is 8.67. The maximum atomic E-state index is 12.8. The predicted octanol–water partition coefficient (Wildman–Crippen LogP) is 3.67. The Morgan fingerprint density at radius 1 is 0.929 bits per heavy atom. The van der Waals surface area contributed by atoms with Crippen LogP contribution < -0.4 is 5.32 Å². The molecule has 1 aromatic carbocycles. The van der Waals surface area contributed by atoms with Crippen LogP contribution in [0.4, 0.5) is 4.79 Å². The Hall–Kier alpha value is -2.04. The van der Waals surface area contributed by atoms with Gasteiger partial charge >= 0.3 is 6.03 Å². The van der Waals surface area contributed by atoms with Crippen molar-refractivity contribution in [2.45, 2.75) is 64.3 Å². The molecule has 4 rings (SSSR count). The van der Waals surface area contributed by atoms with E-state index in [4.69, 9.17) is 0 Å². The van der Waals surface area contributed by atoms with Crippen LogP contribution in [0.2, 0.25) is 0 Å². The number of carbonyl (C=O) groups excluding carboxylic acids is 2. The summed E-state index contributed by atoms with van der Waals surface area (Å²) in [6.45, 7) is 5.24. The molecule has 0 spiro atoms. The van der Waals surface area contributed by atoms with E-state index in [1.54, 1.807) is 0 Å². The SMILES string of the molecule is CC(NC(=O)C1CCN(C(=O)N2CCCC2)CC1)c1ccc2c(c1)CCCC2. The smallest absolute Gasteiger partial charge is 0.319 e. The van der Waals surface area contributed by atoms with Crippen molar-refractivity contribution in [3.8, 4) is 0 Å². The zero-order valence-electron chi connectivity index (χ0n) is 17.1. The molecule has 0 aromatic heterocycles. The van der Waals surface area contributed by atoms with Crippen LogP contribution >= 0.6 is 0 Å². The summed E-state index contributed by atoms with van der Waals surface area (Å²) in [5.74, 6) is 0.154. The van der Waals surface area contributed by atoms with Gasteiger partial charge in [0.15, 0.2) is 0 Å². The number of aryl methyl sites for hydroxylation is 2. The Bertz CT molecular complexity index is 719. The normalized spacial score (nSPS) is 21.3. The van der Waals surface area contributed by atoms with E-state index in [2.05, 4.69) is 30.4 Å². The molecule has 5 nitrogen and oxygen atoms in total. The number of amides is 3. The van der Waals surface area contributed by atoms with E-state index in [0.717, 1.165) is 45.2 Å². The van der Waals surface area contributed by atoms with Crippen molar-refractivity contribution >= 4 is 11.9 Å². The molecule has 28 heavy (non-hydrogen) atoms. The minimum Gasteiger partial charge on any atom is -0.349 e. The summed E-state index contributed by atoms with van der Waals surface area (Å²) in [7, 11) is 0. The Balaban J connectivity index is 1.29. The summed E-state index contributed by atoms with van der Waals surface area (Å²) in [6, 6.07) is 6.90. The minimum atomic E-state index is 0.0164.